The van der Waals surface area contributed by atoms with Gasteiger partial charge in [0, 0.05) is 6.54 Å². The van der Waals surface area contributed by atoms with Crippen molar-refractivity contribution in [3.63, 3.8) is 0 Å². The van der Waals surface area contributed by atoms with Crippen molar-refractivity contribution in [1.29, 1.82) is 0 Å². The molecule has 1 heterocycles. The molecule has 104 valence electrons. The quantitative estimate of drug-likeness (QED) is 0.839. The monoisotopic (exact) mass is 284 g/mol. The van der Waals surface area contributed by atoms with Gasteiger partial charge in [-0.2, -0.15) is 0 Å². The molecule has 19 heavy (non-hydrogen) atoms. The number of carbonyl (C=O) groups is 1. The Morgan fingerprint density at radius 1 is 1.42 bits per heavy atom. The lowest BCUT2D eigenvalue weighted by molar-refractivity contribution is -0.118. The maximum Gasteiger partial charge on any atom is 0.262 e. The van der Waals surface area contributed by atoms with Crippen LogP contribution in [-0.2, 0) is 21.4 Å². The van der Waals surface area contributed by atoms with Crippen molar-refractivity contribution < 1.29 is 17.9 Å². The normalized spacial score (nSPS) is 14.5. The van der Waals surface area contributed by atoms with E-state index in [-0.39, 0.29) is 24.8 Å². The fraction of sp³-hybridized carbons (Fsp3) is 0.417. The van der Waals surface area contributed by atoms with Crippen LogP contribution >= 0.6 is 0 Å². The highest BCUT2D eigenvalue weighted by atomic mass is 32.2. The number of nitrogens with one attached hydrogen (secondary N) is 2. The summed E-state index contributed by atoms with van der Waals surface area (Å²) in [5, 5.41) is 2.68. The highest BCUT2D eigenvalue weighted by Crippen LogP contribution is 2.28. The third kappa shape index (κ3) is 3.68. The van der Waals surface area contributed by atoms with Gasteiger partial charge in [-0.3, -0.25) is 4.79 Å². The first-order chi connectivity index (χ1) is 9.00. The Balaban J connectivity index is 2.06. The SMILES string of the molecule is CCCS(=O)(=O)NCc1ccc2c(c1)NC(=O)CO2. The zero-order valence-corrected chi connectivity index (χ0v) is 11.4. The summed E-state index contributed by atoms with van der Waals surface area (Å²) < 4.78 is 30.8. The van der Waals surface area contributed by atoms with E-state index in [1.165, 1.54) is 0 Å². The van der Waals surface area contributed by atoms with E-state index < -0.39 is 10.0 Å². The molecule has 0 atom stereocenters. The average molecular weight is 284 g/mol. The molecule has 0 spiro atoms. The van der Waals surface area contributed by atoms with Gasteiger partial charge in [0.2, 0.25) is 10.0 Å². The lowest BCUT2D eigenvalue weighted by Crippen LogP contribution is -2.27. The largest absolute Gasteiger partial charge is 0.482 e. The Hall–Kier alpha value is -1.60. The molecule has 0 radical (unpaired) electrons. The van der Waals surface area contributed by atoms with Gasteiger partial charge in [-0.05, 0) is 24.1 Å². The number of benzene rings is 1. The van der Waals surface area contributed by atoms with Crippen LogP contribution in [0.5, 0.6) is 5.75 Å². The minimum Gasteiger partial charge on any atom is -0.482 e. The van der Waals surface area contributed by atoms with Gasteiger partial charge in [-0.15, -0.1) is 0 Å². The lowest BCUT2D eigenvalue weighted by Gasteiger charge is -2.18. The number of anilines is 1. The molecule has 0 aromatic heterocycles. The van der Waals surface area contributed by atoms with Crippen molar-refractivity contribution in [1.82, 2.24) is 4.72 Å². The van der Waals surface area contributed by atoms with E-state index in [4.69, 9.17) is 4.74 Å². The van der Waals surface area contributed by atoms with Crippen molar-refractivity contribution in [2.75, 3.05) is 17.7 Å². The van der Waals surface area contributed by atoms with E-state index in [0.717, 1.165) is 5.56 Å². The Kier molecular flexibility index (Phi) is 4.06. The Morgan fingerprint density at radius 3 is 2.95 bits per heavy atom. The summed E-state index contributed by atoms with van der Waals surface area (Å²) in [7, 11) is -3.23. The molecule has 1 aliphatic heterocycles. The molecule has 6 nitrogen and oxygen atoms in total. The van der Waals surface area contributed by atoms with Gasteiger partial charge < -0.3 is 10.1 Å². The van der Waals surface area contributed by atoms with Crippen molar-refractivity contribution in [3.8, 4) is 5.75 Å². The van der Waals surface area contributed by atoms with Crippen LogP contribution in [-0.4, -0.2) is 26.7 Å². The number of hydrogen-bond acceptors (Lipinski definition) is 4. The Bertz CT molecular complexity index is 583. The molecule has 2 N–H and O–H groups in total. The zero-order chi connectivity index (χ0) is 13.9. The van der Waals surface area contributed by atoms with Crippen molar-refractivity contribution >= 4 is 21.6 Å². The molecule has 1 aliphatic rings. The first-order valence-corrected chi connectivity index (χ1v) is 7.68. The van der Waals surface area contributed by atoms with Crippen LogP contribution in [0.2, 0.25) is 0 Å². The van der Waals surface area contributed by atoms with Crippen LogP contribution in [0, 0.1) is 0 Å². The Labute approximate surface area is 112 Å². The van der Waals surface area contributed by atoms with E-state index in [0.29, 0.717) is 17.9 Å². The van der Waals surface area contributed by atoms with Gasteiger partial charge >= 0.3 is 0 Å². The van der Waals surface area contributed by atoms with Crippen LogP contribution in [0.15, 0.2) is 18.2 Å². The molecule has 0 bridgehead atoms. The van der Waals surface area contributed by atoms with Gasteiger partial charge in [0.1, 0.15) is 5.75 Å². The first-order valence-electron chi connectivity index (χ1n) is 6.03. The summed E-state index contributed by atoms with van der Waals surface area (Å²) in [6.07, 6.45) is 0.573. The highest BCUT2D eigenvalue weighted by molar-refractivity contribution is 7.89. The van der Waals surface area contributed by atoms with E-state index >= 15 is 0 Å². The third-order valence-corrected chi connectivity index (χ3v) is 4.18. The van der Waals surface area contributed by atoms with Crippen molar-refractivity contribution in [3.05, 3.63) is 23.8 Å². The van der Waals surface area contributed by atoms with Crippen LogP contribution in [0.3, 0.4) is 0 Å². The summed E-state index contributed by atoms with van der Waals surface area (Å²) in [5.74, 6) is 0.494. The number of sulfonamides is 1. The predicted molar refractivity (Wildman–Crippen MR) is 71.5 cm³/mol. The topological polar surface area (TPSA) is 84.5 Å². The molecule has 1 aromatic carbocycles. The minimum absolute atomic E-state index is 0.00940. The number of rotatable bonds is 5. The average Bonchev–Trinajstić information content (AvgIpc) is 2.36. The summed E-state index contributed by atoms with van der Waals surface area (Å²) >= 11 is 0. The number of fused-ring (bicyclic) bond motifs is 1. The fourth-order valence-corrected chi connectivity index (χ4v) is 2.84. The smallest absolute Gasteiger partial charge is 0.262 e. The standard InChI is InChI=1S/C12H16N2O4S/c1-2-5-19(16,17)13-7-9-3-4-11-10(6-9)14-12(15)8-18-11/h3-4,6,13H,2,5,7-8H2,1H3,(H,14,15). The van der Waals surface area contributed by atoms with E-state index in [1.807, 2.05) is 6.92 Å². The second-order valence-corrected chi connectivity index (χ2v) is 6.23. The molecule has 1 aromatic rings. The van der Waals surface area contributed by atoms with E-state index in [2.05, 4.69) is 10.0 Å². The molecule has 0 saturated heterocycles. The first kappa shape index (κ1) is 13.8. The van der Waals surface area contributed by atoms with Gasteiger partial charge in [0.05, 0.1) is 11.4 Å². The molecule has 2 rings (SSSR count). The van der Waals surface area contributed by atoms with Gasteiger partial charge in [-0.25, -0.2) is 13.1 Å². The fourth-order valence-electron chi connectivity index (χ4n) is 1.77. The van der Waals surface area contributed by atoms with Crippen LogP contribution in [0.4, 0.5) is 5.69 Å². The number of ether oxygens (including phenoxy) is 1. The number of carbonyl (C=O) groups excluding carboxylic acids is 1. The summed E-state index contributed by atoms with van der Waals surface area (Å²) in [6, 6.07) is 5.20. The predicted octanol–water partition coefficient (Wildman–Crippen LogP) is 0.847. The van der Waals surface area contributed by atoms with Gasteiger partial charge in [0.15, 0.2) is 6.61 Å². The summed E-state index contributed by atoms with van der Waals surface area (Å²) in [6.45, 7) is 2.02. The van der Waals surface area contributed by atoms with Gasteiger partial charge in [0.25, 0.3) is 5.91 Å². The highest BCUT2D eigenvalue weighted by Gasteiger charge is 2.16. The maximum atomic E-state index is 11.5. The molecular formula is C12H16N2O4S. The minimum atomic E-state index is -3.23. The maximum absolute atomic E-state index is 11.5. The van der Waals surface area contributed by atoms with Gasteiger partial charge in [-0.1, -0.05) is 13.0 Å². The molecule has 1 amide bonds. The lowest BCUT2D eigenvalue weighted by atomic mass is 10.1. The van der Waals surface area contributed by atoms with E-state index in [1.54, 1.807) is 18.2 Å². The molecule has 0 saturated carbocycles. The molecular weight excluding hydrogens is 268 g/mol. The van der Waals surface area contributed by atoms with E-state index in [9.17, 15) is 13.2 Å². The molecule has 0 fully saturated rings. The zero-order valence-electron chi connectivity index (χ0n) is 10.6. The van der Waals surface area contributed by atoms with Crippen LogP contribution in [0.25, 0.3) is 0 Å². The van der Waals surface area contributed by atoms with Crippen LogP contribution < -0.4 is 14.8 Å². The molecule has 7 heteroatoms. The number of amides is 1. The second kappa shape index (κ2) is 5.58. The Morgan fingerprint density at radius 2 is 2.21 bits per heavy atom. The molecule has 0 unspecified atom stereocenters. The van der Waals surface area contributed by atoms with Crippen molar-refractivity contribution in [2.45, 2.75) is 19.9 Å². The second-order valence-electron chi connectivity index (χ2n) is 4.31. The summed E-state index contributed by atoms with van der Waals surface area (Å²) in [5.41, 5.74) is 1.34. The third-order valence-electron chi connectivity index (χ3n) is 2.65. The molecule has 0 aliphatic carbocycles. The van der Waals surface area contributed by atoms with Crippen molar-refractivity contribution in [2.24, 2.45) is 0 Å². The number of hydrogen-bond donors (Lipinski definition) is 2. The van der Waals surface area contributed by atoms with Crippen LogP contribution in [0.1, 0.15) is 18.9 Å². The summed E-state index contributed by atoms with van der Waals surface area (Å²) in [4.78, 5) is 11.2.